The third-order valence-corrected chi connectivity index (χ3v) is 10.4. The van der Waals surface area contributed by atoms with E-state index in [1.165, 1.54) is 31.2 Å². The number of nitrogens with zero attached hydrogens (tertiary/aromatic N) is 1. The number of phenolic OH excluding ortho intramolecular Hbond substituents is 1. The predicted molar refractivity (Wildman–Crippen MR) is 219 cm³/mol. The number of phenols is 1. The number of aromatic nitrogens is 1. The summed E-state index contributed by atoms with van der Waals surface area (Å²) >= 11 is 0. The van der Waals surface area contributed by atoms with Crippen molar-refractivity contribution in [2.75, 3.05) is 13.1 Å². The summed E-state index contributed by atoms with van der Waals surface area (Å²) in [5.41, 5.74) is 14.5. The van der Waals surface area contributed by atoms with Crippen LogP contribution in [0.1, 0.15) is 62.3 Å². The molecule has 2 aromatic carbocycles. The molecule has 20 nitrogen and oxygen atoms in total. The van der Waals surface area contributed by atoms with E-state index in [4.69, 9.17) is 11.5 Å². The molecule has 0 bridgehead atoms. The van der Waals surface area contributed by atoms with Crippen molar-refractivity contribution < 1.29 is 43.8 Å². The van der Waals surface area contributed by atoms with Gasteiger partial charge < -0.3 is 58.6 Å². The molecule has 1 unspecified atom stereocenters. The highest BCUT2D eigenvalue weighted by molar-refractivity contribution is 5.98. The maximum Gasteiger partial charge on any atom is 0.305 e. The maximum atomic E-state index is 14.1. The van der Waals surface area contributed by atoms with Crippen molar-refractivity contribution in [1.29, 1.82) is 0 Å². The molecule has 1 saturated heterocycles. The van der Waals surface area contributed by atoms with E-state index in [1.54, 1.807) is 0 Å². The first kappa shape index (κ1) is 44.4. The van der Waals surface area contributed by atoms with Gasteiger partial charge in [0.25, 0.3) is 0 Å². The second-order valence-electron chi connectivity index (χ2n) is 14.9. The van der Waals surface area contributed by atoms with E-state index < -0.39 is 78.2 Å². The molecular weight excluding hydrogens is 778 g/mol. The van der Waals surface area contributed by atoms with Gasteiger partial charge in [-0.15, -0.1) is 0 Å². The second kappa shape index (κ2) is 20.8. The number of carbonyl (C=O) groups excluding carboxylic acids is 6. The lowest BCUT2D eigenvalue weighted by Crippen LogP contribution is -2.58. The van der Waals surface area contributed by atoms with Gasteiger partial charge in [-0.1, -0.05) is 30.3 Å². The van der Waals surface area contributed by atoms with E-state index in [2.05, 4.69) is 47.2 Å². The zero-order valence-electron chi connectivity index (χ0n) is 33.2. The molecule has 322 valence electrons. The molecule has 1 aromatic heterocycles. The second-order valence-corrected chi connectivity index (χ2v) is 14.9. The van der Waals surface area contributed by atoms with Crippen LogP contribution in [-0.4, -0.2) is 112 Å². The van der Waals surface area contributed by atoms with Crippen LogP contribution < -0.4 is 48.7 Å². The normalized spacial score (nSPS) is 22.7. The Hall–Kier alpha value is -6.70. The van der Waals surface area contributed by atoms with Gasteiger partial charge in [-0.25, -0.2) is 0 Å². The van der Waals surface area contributed by atoms with Crippen LogP contribution in [0.4, 0.5) is 0 Å². The van der Waals surface area contributed by atoms with Crippen molar-refractivity contribution in [2.24, 2.45) is 16.5 Å². The number of fused-ring (bicyclic) bond motifs is 3. The fourth-order valence-corrected chi connectivity index (χ4v) is 7.13. The molecule has 0 spiro atoms. The molecule has 0 radical (unpaired) electrons. The molecule has 60 heavy (non-hydrogen) atoms. The average molecular weight is 831 g/mol. The van der Waals surface area contributed by atoms with Crippen LogP contribution in [0.2, 0.25) is 0 Å². The van der Waals surface area contributed by atoms with Gasteiger partial charge in [0, 0.05) is 42.7 Å². The van der Waals surface area contributed by atoms with Crippen molar-refractivity contribution >= 4 is 58.3 Å². The molecule has 2 aliphatic heterocycles. The Morgan fingerprint density at radius 3 is 2.10 bits per heavy atom. The number of amides is 6. The monoisotopic (exact) mass is 830 g/mol. The first-order valence-corrected chi connectivity index (χ1v) is 19.8. The fourth-order valence-electron chi connectivity index (χ4n) is 7.13. The number of guanidine groups is 1. The van der Waals surface area contributed by atoms with Gasteiger partial charge in [0.1, 0.15) is 36.0 Å². The van der Waals surface area contributed by atoms with Crippen LogP contribution in [0.5, 0.6) is 5.75 Å². The number of para-hydroxylation sites is 1. The van der Waals surface area contributed by atoms with E-state index in [0.29, 0.717) is 31.4 Å². The van der Waals surface area contributed by atoms with Crippen molar-refractivity contribution in [1.82, 2.24) is 42.2 Å². The van der Waals surface area contributed by atoms with Crippen molar-refractivity contribution in [3.8, 4) is 5.75 Å². The largest absolute Gasteiger partial charge is 0.508 e. The SMILES string of the molecule is C[C@@H]1NC(=O)[C@H](CCCN=C(N)N)NC(=O)[C@H](CCCCNC(=O)C2Cc3c([nH]c4ccccc34)[11CH2]N2)NC(=O)[C@@H](Cc2ccc(O)cc2)NC(=O)[C@H](CC(=O)O)NC1=O. The number of carbonyl (C=O) groups is 7. The highest BCUT2D eigenvalue weighted by Gasteiger charge is 2.34. The van der Waals surface area contributed by atoms with Gasteiger partial charge in [0.05, 0.1) is 12.5 Å². The summed E-state index contributed by atoms with van der Waals surface area (Å²) in [6.07, 6.45) is 0.555. The Morgan fingerprint density at radius 1 is 0.783 bits per heavy atom. The number of rotatable bonds is 14. The van der Waals surface area contributed by atoms with Crippen LogP contribution in [-0.2, 0) is 52.9 Å². The number of nitrogens with two attached hydrogens (primary N) is 2. The molecule has 20 heteroatoms. The number of nitrogens with one attached hydrogen (secondary N) is 8. The van der Waals surface area contributed by atoms with Crippen LogP contribution in [0, 0.1) is 0 Å². The first-order valence-electron chi connectivity index (χ1n) is 19.8. The molecule has 0 aliphatic carbocycles. The number of H-pyrrole nitrogens is 1. The van der Waals surface area contributed by atoms with Gasteiger partial charge in [0.15, 0.2) is 5.96 Å². The van der Waals surface area contributed by atoms with E-state index in [0.717, 1.165) is 22.2 Å². The van der Waals surface area contributed by atoms with Gasteiger partial charge in [-0.05, 0) is 74.8 Å². The lowest BCUT2D eigenvalue weighted by Gasteiger charge is -2.26. The Morgan fingerprint density at radius 2 is 1.40 bits per heavy atom. The highest BCUT2D eigenvalue weighted by Crippen LogP contribution is 2.26. The van der Waals surface area contributed by atoms with Crippen LogP contribution >= 0.6 is 0 Å². The number of aromatic hydroxyl groups is 1. The Kier molecular flexibility index (Phi) is 15.4. The van der Waals surface area contributed by atoms with Gasteiger partial charge in [-0.2, -0.15) is 0 Å². The summed E-state index contributed by atoms with van der Waals surface area (Å²) in [5, 5.41) is 39.4. The van der Waals surface area contributed by atoms with E-state index >= 15 is 0 Å². The fraction of sp³-hybridized carbons (Fsp3) is 0.450. The summed E-state index contributed by atoms with van der Waals surface area (Å²) in [7, 11) is 0. The first-order chi connectivity index (χ1) is 28.7. The molecule has 6 atom stereocenters. The van der Waals surface area contributed by atoms with Crippen LogP contribution in [0.3, 0.4) is 0 Å². The molecule has 14 N–H and O–H groups in total. The summed E-state index contributed by atoms with van der Waals surface area (Å²) in [6, 6.07) is 6.47. The average Bonchev–Trinajstić information content (AvgIpc) is 3.58. The summed E-state index contributed by atoms with van der Waals surface area (Å²) in [5.74, 6) is -6.03. The topological polar surface area (TPSA) is 324 Å². The summed E-state index contributed by atoms with van der Waals surface area (Å²) in [4.78, 5) is 101. The summed E-state index contributed by atoms with van der Waals surface area (Å²) in [6.45, 7) is 2.21. The maximum absolute atomic E-state index is 14.1. The minimum Gasteiger partial charge on any atom is -0.508 e. The Balaban J connectivity index is 1.33. The number of hydrogen-bond acceptors (Lipinski definition) is 10. The number of aromatic amines is 1. The zero-order valence-corrected chi connectivity index (χ0v) is 33.2. The predicted octanol–water partition coefficient (Wildman–Crippen LogP) is -1.60. The van der Waals surface area contributed by atoms with Crippen molar-refractivity contribution in [3.05, 3.63) is 65.4 Å². The molecule has 1 fully saturated rings. The van der Waals surface area contributed by atoms with E-state index in [1.807, 2.05) is 24.3 Å². The van der Waals surface area contributed by atoms with Gasteiger partial charge in [-0.3, -0.25) is 43.9 Å². The summed E-state index contributed by atoms with van der Waals surface area (Å²) < 4.78 is 0. The standard InChI is InChI=1S/C40H53N11O9/c1-21-34(55)50-31(19-33(53)54)39(60)51-30(17-22-11-13-23(52)14-12-22)38(59)49-27(37(58)48-28(36(57)46-21)10-6-16-44-40(41)42)9-4-5-15-43-35(56)29-18-25-24-7-2-3-8-26(24)47-32(25)20-45-29/h2-3,7-8,11-14,21,27-31,45,47,52H,4-6,9-10,15-20H2,1H3,(H,43,56)(H,46,57)(H,48,58)(H,49,59)(H,50,55)(H,51,60)(H,53,54)(H4,41,42,44)/t21-,27-,28-,29?,30+,31-/m0/s1/i20-1. The Labute approximate surface area is 345 Å². The van der Waals surface area contributed by atoms with Crippen LogP contribution in [0.25, 0.3) is 10.9 Å². The number of unbranched alkanes of at least 4 members (excludes halogenated alkanes) is 1. The van der Waals surface area contributed by atoms with Gasteiger partial charge >= 0.3 is 5.97 Å². The number of aliphatic carboxylic acids is 1. The lowest BCUT2D eigenvalue weighted by molar-refractivity contribution is -0.141. The quantitative estimate of drug-likeness (QED) is 0.0497. The number of aliphatic imine (C=N–C) groups is 1. The molecule has 5 rings (SSSR count). The molecule has 0 saturated carbocycles. The van der Waals surface area contributed by atoms with Crippen LogP contribution in [0.15, 0.2) is 53.5 Å². The highest BCUT2D eigenvalue weighted by atomic mass is 16.4. The molecule has 3 aromatic rings. The zero-order chi connectivity index (χ0) is 43.3. The number of hydrogen-bond donors (Lipinski definition) is 12. The van der Waals surface area contributed by atoms with E-state index in [-0.39, 0.29) is 56.4 Å². The third-order valence-electron chi connectivity index (χ3n) is 10.4. The minimum atomic E-state index is -1.65. The Bertz CT molecular complexity index is 2080. The smallest absolute Gasteiger partial charge is 0.305 e. The van der Waals surface area contributed by atoms with Crippen molar-refractivity contribution in [3.63, 3.8) is 0 Å². The molecule has 3 heterocycles. The molecule has 6 amide bonds. The molecule has 2 aliphatic rings. The lowest BCUT2D eigenvalue weighted by atomic mass is 9.84. The van der Waals surface area contributed by atoms with Gasteiger partial charge in [0.2, 0.25) is 35.4 Å². The third kappa shape index (κ3) is 12.4. The number of benzene rings is 2. The van der Waals surface area contributed by atoms with E-state index in [9.17, 15) is 43.8 Å². The number of carboxylic acid groups (broad SMARTS) is 1. The molecular formula is C40H53N11O9. The minimum absolute atomic E-state index is 0.0236. The van der Waals surface area contributed by atoms with Crippen molar-refractivity contribution in [2.45, 2.75) is 101 Å². The number of carboxylic acids is 1.